The summed E-state index contributed by atoms with van der Waals surface area (Å²) < 4.78 is 5.55. The van der Waals surface area contributed by atoms with Crippen LogP contribution in [-0.4, -0.2) is 48.7 Å². The van der Waals surface area contributed by atoms with Gasteiger partial charge in [-0.2, -0.15) is 0 Å². The molecule has 162 valence electrons. The van der Waals surface area contributed by atoms with Crippen LogP contribution in [-0.2, 0) is 9.53 Å². The van der Waals surface area contributed by atoms with Crippen LogP contribution in [0.1, 0.15) is 66.2 Å². The van der Waals surface area contributed by atoms with Crippen LogP contribution in [0.15, 0.2) is 24.3 Å². The highest BCUT2D eigenvalue weighted by Crippen LogP contribution is 2.21. The number of unbranched alkanes of at least 4 members (excludes halogenated alkanes) is 1. The van der Waals surface area contributed by atoms with Gasteiger partial charge in [-0.15, -0.1) is 0 Å². The van der Waals surface area contributed by atoms with Crippen molar-refractivity contribution in [3.8, 4) is 0 Å². The third-order valence-corrected chi connectivity index (χ3v) is 4.88. The number of rotatable bonds is 7. The van der Waals surface area contributed by atoms with E-state index in [2.05, 4.69) is 17.1 Å². The molecule has 1 N–H and O–H groups in total. The Hall–Kier alpha value is -2.08. The summed E-state index contributed by atoms with van der Waals surface area (Å²) >= 11 is 0. The number of ether oxygens (including phenoxy) is 1. The van der Waals surface area contributed by atoms with Crippen molar-refractivity contribution in [3.05, 3.63) is 24.3 Å². The highest BCUT2D eigenvalue weighted by atomic mass is 16.6. The van der Waals surface area contributed by atoms with Crippen LogP contribution >= 0.6 is 0 Å². The molecule has 0 bridgehead atoms. The van der Waals surface area contributed by atoms with E-state index in [-0.39, 0.29) is 12.0 Å². The van der Waals surface area contributed by atoms with E-state index in [9.17, 15) is 9.59 Å². The molecule has 1 fully saturated rings. The summed E-state index contributed by atoms with van der Waals surface area (Å²) in [5.74, 6) is 0.00892. The lowest BCUT2D eigenvalue weighted by Crippen LogP contribution is -2.37. The van der Waals surface area contributed by atoms with Crippen LogP contribution in [0.4, 0.5) is 16.2 Å². The average molecular weight is 404 g/mol. The standard InChI is InChI=1S/C23H37N3O3/c1-5-6-17-26(22(28)29-23(2,3)4)20-13-11-19(12-14-20)24-21(27)18-25-15-9-7-8-10-16-25/h11-14H,5-10,15-18H2,1-4H3,(H,24,27). The second-order valence-electron chi connectivity index (χ2n) is 8.77. The molecule has 6 nitrogen and oxygen atoms in total. The quantitative estimate of drug-likeness (QED) is 0.692. The number of carbonyl (C=O) groups is 2. The van der Waals surface area contributed by atoms with E-state index < -0.39 is 5.60 Å². The first-order valence-electron chi connectivity index (χ1n) is 10.9. The molecule has 0 radical (unpaired) electrons. The lowest BCUT2D eigenvalue weighted by Gasteiger charge is -2.27. The first-order chi connectivity index (χ1) is 13.8. The lowest BCUT2D eigenvalue weighted by molar-refractivity contribution is -0.117. The third-order valence-electron chi connectivity index (χ3n) is 4.88. The fourth-order valence-electron chi connectivity index (χ4n) is 3.38. The zero-order valence-electron chi connectivity index (χ0n) is 18.5. The molecule has 2 amide bonds. The van der Waals surface area contributed by atoms with E-state index >= 15 is 0 Å². The van der Waals surface area contributed by atoms with Gasteiger partial charge in [0.05, 0.1) is 6.54 Å². The van der Waals surface area contributed by atoms with Gasteiger partial charge in [-0.05, 0) is 77.4 Å². The predicted octanol–water partition coefficient (Wildman–Crippen LogP) is 5.04. The number of carbonyl (C=O) groups excluding carboxylic acids is 2. The van der Waals surface area contributed by atoms with Gasteiger partial charge in [0.1, 0.15) is 5.60 Å². The van der Waals surface area contributed by atoms with E-state index in [4.69, 9.17) is 4.74 Å². The van der Waals surface area contributed by atoms with Gasteiger partial charge < -0.3 is 10.1 Å². The molecule has 0 saturated carbocycles. The van der Waals surface area contributed by atoms with E-state index in [0.29, 0.717) is 13.1 Å². The van der Waals surface area contributed by atoms with Crippen LogP contribution in [0.3, 0.4) is 0 Å². The highest BCUT2D eigenvalue weighted by molar-refractivity contribution is 5.93. The molecule has 0 aromatic heterocycles. The molecule has 1 aliphatic heterocycles. The van der Waals surface area contributed by atoms with Crippen molar-refractivity contribution >= 4 is 23.4 Å². The first-order valence-corrected chi connectivity index (χ1v) is 10.9. The maximum Gasteiger partial charge on any atom is 0.414 e. The molecule has 1 saturated heterocycles. The summed E-state index contributed by atoms with van der Waals surface area (Å²) in [6.07, 6.45) is 6.39. The van der Waals surface area contributed by atoms with Crippen molar-refractivity contribution in [2.24, 2.45) is 0 Å². The Labute approximate surface area is 175 Å². The van der Waals surface area contributed by atoms with Crippen molar-refractivity contribution in [1.82, 2.24) is 4.90 Å². The Bertz CT molecular complexity index is 644. The van der Waals surface area contributed by atoms with E-state index in [0.717, 1.165) is 37.3 Å². The summed E-state index contributed by atoms with van der Waals surface area (Å²) in [5.41, 5.74) is 0.981. The van der Waals surface area contributed by atoms with Crippen molar-refractivity contribution in [2.75, 3.05) is 36.4 Å². The molecule has 1 aromatic carbocycles. The van der Waals surface area contributed by atoms with Crippen LogP contribution in [0.2, 0.25) is 0 Å². The summed E-state index contributed by atoms with van der Waals surface area (Å²) in [4.78, 5) is 28.9. The van der Waals surface area contributed by atoms with Crippen molar-refractivity contribution in [3.63, 3.8) is 0 Å². The molecule has 29 heavy (non-hydrogen) atoms. The Morgan fingerprint density at radius 3 is 2.24 bits per heavy atom. The highest BCUT2D eigenvalue weighted by Gasteiger charge is 2.23. The Morgan fingerprint density at radius 1 is 1.07 bits per heavy atom. The number of hydrogen-bond donors (Lipinski definition) is 1. The monoisotopic (exact) mass is 403 g/mol. The van der Waals surface area contributed by atoms with Gasteiger partial charge in [0.15, 0.2) is 0 Å². The summed E-state index contributed by atoms with van der Waals surface area (Å²) in [7, 11) is 0. The lowest BCUT2D eigenvalue weighted by atomic mass is 10.2. The van der Waals surface area contributed by atoms with Gasteiger partial charge in [-0.25, -0.2) is 4.79 Å². The van der Waals surface area contributed by atoms with Crippen molar-refractivity contribution in [1.29, 1.82) is 0 Å². The average Bonchev–Trinajstić information content (AvgIpc) is 2.90. The van der Waals surface area contributed by atoms with Gasteiger partial charge >= 0.3 is 6.09 Å². The number of nitrogens with one attached hydrogen (secondary N) is 1. The van der Waals surface area contributed by atoms with E-state index in [1.807, 2.05) is 45.0 Å². The van der Waals surface area contributed by atoms with Gasteiger partial charge in [-0.1, -0.05) is 26.2 Å². The van der Waals surface area contributed by atoms with Gasteiger partial charge in [0, 0.05) is 17.9 Å². The number of anilines is 2. The number of likely N-dealkylation sites (tertiary alicyclic amines) is 1. The smallest absolute Gasteiger partial charge is 0.414 e. The number of benzene rings is 1. The molecule has 0 aliphatic carbocycles. The number of nitrogens with zero attached hydrogens (tertiary/aromatic N) is 2. The van der Waals surface area contributed by atoms with E-state index in [1.54, 1.807) is 4.90 Å². The minimum Gasteiger partial charge on any atom is -0.443 e. The van der Waals surface area contributed by atoms with Gasteiger partial charge in [0.25, 0.3) is 0 Å². The summed E-state index contributed by atoms with van der Waals surface area (Å²) in [6.45, 7) is 10.7. The fraction of sp³-hybridized carbons (Fsp3) is 0.652. The van der Waals surface area contributed by atoms with Crippen LogP contribution in [0.5, 0.6) is 0 Å². The zero-order valence-corrected chi connectivity index (χ0v) is 18.5. The molecule has 1 aliphatic rings. The normalized spacial score (nSPS) is 15.4. The zero-order chi connectivity index (χ0) is 21.3. The minimum atomic E-state index is -0.539. The van der Waals surface area contributed by atoms with Crippen LogP contribution in [0, 0.1) is 0 Å². The second kappa shape index (κ2) is 11.2. The van der Waals surface area contributed by atoms with Crippen LogP contribution in [0.25, 0.3) is 0 Å². The Balaban J connectivity index is 1.97. The molecular formula is C23H37N3O3. The molecule has 0 spiro atoms. The molecule has 0 atom stereocenters. The molecule has 1 aromatic rings. The maximum atomic E-state index is 12.6. The molecule has 6 heteroatoms. The largest absolute Gasteiger partial charge is 0.443 e. The van der Waals surface area contributed by atoms with Gasteiger partial charge in [0.2, 0.25) is 5.91 Å². The molecule has 2 rings (SSSR count). The first kappa shape index (κ1) is 23.2. The molecule has 0 unspecified atom stereocenters. The molecular weight excluding hydrogens is 366 g/mol. The summed E-state index contributed by atoms with van der Waals surface area (Å²) in [5, 5.41) is 2.97. The SMILES string of the molecule is CCCCN(C(=O)OC(C)(C)C)c1ccc(NC(=O)CN2CCCCCC2)cc1. The summed E-state index contributed by atoms with van der Waals surface area (Å²) in [6, 6.07) is 7.42. The fourth-order valence-corrected chi connectivity index (χ4v) is 3.38. The van der Waals surface area contributed by atoms with E-state index in [1.165, 1.54) is 25.7 Å². The topological polar surface area (TPSA) is 61.9 Å². The number of amides is 2. The van der Waals surface area contributed by atoms with Crippen molar-refractivity contribution in [2.45, 2.75) is 71.8 Å². The third kappa shape index (κ3) is 8.44. The molecule has 1 heterocycles. The Morgan fingerprint density at radius 2 is 1.69 bits per heavy atom. The Kier molecular flexibility index (Phi) is 8.96. The van der Waals surface area contributed by atoms with Crippen LogP contribution < -0.4 is 10.2 Å². The van der Waals surface area contributed by atoms with Gasteiger partial charge in [-0.3, -0.25) is 14.6 Å². The number of hydrogen-bond acceptors (Lipinski definition) is 4. The minimum absolute atomic E-state index is 0.00892. The predicted molar refractivity (Wildman–Crippen MR) is 118 cm³/mol. The maximum absolute atomic E-state index is 12.6. The second-order valence-corrected chi connectivity index (χ2v) is 8.77. The van der Waals surface area contributed by atoms with Crippen molar-refractivity contribution < 1.29 is 14.3 Å².